The number of carbonyl (C=O) groups is 1. The van der Waals surface area contributed by atoms with E-state index < -0.39 is 0 Å². The number of nitrogens with zero attached hydrogens (tertiary/aromatic N) is 2. The molecule has 0 bridgehead atoms. The lowest BCUT2D eigenvalue weighted by Gasteiger charge is -2.05. The number of carbonyl (C=O) groups excluding carboxylic acids is 1. The molecule has 0 saturated heterocycles. The smallest absolute Gasteiger partial charge is 0.278 e. The van der Waals surface area contributed by atoms with Crippen molar-refractivity contribution in [3.63, 3.8) is 0 Å². The van der Waals surface area contributed by atoms with Gasteiger partial charge >= 0.3 is 0 Å². The molecule has 2 N–H and O–H groups in total. The average Bonchev–Trinajstić information content (AvgIpc) is 2.68. The van der Waals surface area contributed by atoms with E-state index in [0.29, 0.717) is 17.3 Å². The maximum Gasteiger partial charge on any atom is 0.278 e. The molecule has 132 valence electrons. The van der Waals surface area contributed by atoms with E-state index in [1.54, 1.807) is 12.1 Å². The molecule has 0 aliphatic heterocycles. The lowest BCUT2D eigenvalue weighted by atomic mass is 10.1. The minimum atomic E-state index is -0.321. The highest BCUT2D eigenvalue weighted by atomic mass is 32.2. The molecule has 1 aromatic heterocycles. The topological polar surface area (TPSA) is 87.7 Å². The zero-order valence-electron chi connectivity index (χ0n) is 14.0. The van der Waals surface area contributed by atoms with Crippen LogP contribution in [0.15, 0.2) is 70.6 Å². The van der Waals surface area contributed by atoms with Crippen LogP contribution in [0, 0.1) is 0 Å². The van der Waals surface area contributed by atoms with Gasteiger partial charge in [-0.15, -0.1) is 10.2 Å². The maximum absolute atomic E-state index is 12.1. The fourth-order valence-electron chi connectivity index (χ4n) is 2.35. The number of hydrogen-bond donors (Lipinski definition) is 2. The van der Waals surface area contributed by atoms with E-state index >= 15 is 0 Å². The lowest BCUT2D eigenvalue weighted by molar-refractivity contribution is -0.118. The summed E-state index contributed by atoms with van der Waals surface area (Å²) < 4.78 is 0. The van der Waals surface area contributed by atoms with Crippen molar-refractivity contribution < 1.29 is 4.79 Å². The quantitative estimate of drug-likeness (QED) is 0.627. The van der Waals surface area contributed by atoms with Crippen molar-refractivity contribution in [2.75, 3.05) is 12.3 Å². The highest BCUT2D eigenvalue weighted by Gasteiger charge is 2.09. The first-order chi connectivity index (χ1) is 12.7. The van der Waals surface area contributed by atoms with Crippen LogP contribution in [0.5, 0.6) is 0 Å². The van der Waals surface area contributed by atoms with Crippen molar-refractivity contribution in [1.29, 1.82) is 0 Å². The van der Waals surface area contributed by atoms with Crippen LogP contribution in [0.3, 0.4) is 0 Å². The molecule has 0 spiro atoms. The van der Waals surface area contributed by atoms with Gasteiger partial charge in [0, 0.05) is 12.1 Å². The van der Waals surface area contributed by atoms with Crippen LogP contribution in [0.25, 0.3) is 11.3 Å². The number of thioether (sulfide) groups is 1. The summed E-state index contributed by atoms with van der Waals surface area (Å²) in [5.41, 5.74) is 1.82. The first-order valence-electron chi connectivity index (χ1n) is 8.18. The summed E-state index contributed by atoms with van der Waals surface area (Å²) in [6, 6.07) is 19.1. The molecular formula is C19H18N4O2S. The van der Waals surface area contributed by atoms with Gasteiger partial charge in [0.25, 0.3) is 5.56 Å². The predicted octanol–water partition coefficient (Wildman–Crippen LogP) is 2.28. The molecule has 0 unspecified atom stereocenters. The number of amides is 1. The Labute approximate surface area is 155 Å². The second-order valence-electron chi connectivity index (χ2n) is 5.55. The number of H-pyrrole nitrogens is 1. The Morgan fingerprint density at radius 3 is 2.38 bits per heavy atom. The van der Waals surface area contributed by atoms with Crippen molar-refractivity contribution in [1.82, 2.24) is 20.5 Å². The molecule has 0 saturated carbocycles. The summed E-state index contributed by atoms with van der Waals surface area (Å²) in [6.45, 7) is 0.568. The van der Waals surface area contributed by atoms with Crippen LogP contribution >= 0.6 is 11.8 Å². The SMILES string of the molecule is O=C(CSc1nnc(-c2ccccc2)c(=O)[nH]1)NCCc1ccccc1. The molecule has 3 rings (SSSR count). The summed E-state index contributed by atoms with van der Waals surface area (Å²) in [4.78, 5) is 26.7. The van der Waals surface area contributed by atoms with Gasteiger partial charge in [0.15, 0.2) is 10.9 Å². The molecule has 7 heteroatoms. The molecule has 0 fully saturated rings. The lowest BCUT2D eigenvalue weighted by Crippen LogP contribution is -2.27. The maximum atomic E-state index is 12.1. The van der Waals surface area contributed by atoms with Crippen LogP contribution in [0.1, 0.15) is 5.56 Å². The second kappa shape index (κ2) is 8.96. The molecule has 0 aliphatic rings. The number of aromatic amines is 1. The number of hydrogen-bond acceptors (Lipinski definition) is 5. The third-order valence-electron chi connectivity index (χ3n) is 3.64. The molecule has 0 radical (unpaired) electrons. The zero-order valence-corrected chi connectivity index (χ0v) is 14.8. The summed E-state index contributed by atoms with van der Waals surface area (Å²) in [5.74, 6) is 0.0603. The first kappa shape index (κ1) is 17.9. The molecule has 0 aliphatic carbocycles. The summed E-state index contributed by atoms with van der Waals surface area (Å²) in [7, 11) is 0. The van der Waals surface area contributed by atoms with E-state index in [4.69, 9.17) is 0 Å². The number of aromatic nitrogens is 3. The Morgan fingerprint density at radius 2 is 1.69 bits per heavy atom. The first-order valence-corrected chi connectivity index (χ1v) is 9.17. The Bertz CT molecular complexity index is 914. The molecule has 26 heavy (non-hydrogen) atoms. The Hall–Kier alpha value is -2.93. The van der Waals surface area contributed by atoms with E-state index in [9.17, 15) is 9.59 Å². The summed E-state index contributed by atoms with van der Waals surface area (Å²) >= 11 is 1.15. The van der Waals surface area contributed by atoms with Crippen molar-refractivity contribution in [3.8, 4) is 11.3 Å². The Balaban J connectivity index is 1.49. The van der Waals surface area contributed by atoms with Crippen molar-refractivity contribution in [3.05, 3.63) is 76.6 Å². The van der Waals surface area contributed by atoms with E-state index in [1.165, 1.54) is 5.56 Å². The minimum Gasteiger partial charge on any atom is -0.355 e. The van der Waals surface area contributed by atoms with Gasteiger partial charge < -0.3 is 5.32 Å². The van der Waals surface area contributed by atoms with E-state index in [1.807, 2.05) is 48.5 Å². The molecule has 2 aromatic carbocycles. The van der Waals surface area contributed by atoms with Crippen molar-refractivity contribution >= 4 is 17.7 Å². The Kier molecular flexibility index (Phi) is 6.16. The third kappa shape index (κ3) is 5.03. The average molecular weight is 366 g/mol. The monoisotopic (exact) mass is 366 g/mol. The summed E-state index contributed by atoms with van der Waals surface area (Å²) in [5, 5.41) is 11.2. The molecule has 0 atom stereocenters. The van der Waals surface area contributed by atoms with Gasteiger partial charge in [-0.2, -0.15) is 0 Å². The molecule has 1 amide bonds. The standard InChI is InChI=1S/C19H18N4O2S/c24-16(20-12-11-14-7-3-1-4-8-14)13-26-19-21-18(25)17(22-23-19)15-9-5-2-6-10-15/h1-10H,11-13H2,(H,20,24)(H,21,23,25). The number of nitrogens with one attached hydrogen (secondary N) is 2. The van der Waals surface area contributed by atoms with E-state index in [2.05, 4.69) is 20.5 Å². The normalized spacial score (nSPS) is 10.5. The summed E-state index contributed by atoms with van der Waals surface area (Å²) in [6.07, 6.45) is 0.777. The van der Waals surface area contributed by atoms with Gasteiger partial charge in [0.2, 0.25) is 5.91 Å². The van der Waals surface area contributed by atoms with Crippen molar-refractivity contribution in [2.45, 2.75) is 11.6 Å². The zero-order chi connectivity index (χ0) is 18.2. The number of benzene rings is 2. The van der Waals surface area contributed by atoms with Crippen LogP contribution in [0.2, 0.25) is 0 Å². The largest absolute Gasteiger partial charge is 0.355 e. The van der Waals surface area contributed by atoms with Gasteiger partial charge in [0.1, 0.15) is 0 Å². The minimum absolute atomic E-state index is 0.110. The van der Waals surface area contributed by atoms with Crippen molar-refractivity contribution in [2.24, 2.45) is 0 Å². The van der Waals surface area contributed by atoms with Gasteiger partial charge in [0.05, 0.1) is 5.75 Å². The van der Waals surface area contributed by atoms with Crippen LogP contribution in [-0.2, 0) is 11.2 Å². The van der Waals surface area contributed by atoms with Gasteiger partial charge in [-0.25, -0.2) is 0 Å². The molecule has 1 heterocycles. The fourth-order valence-corrected chi connectivity index (χ4v) is 2.98. The van der Waals surface area contributed by atoms with Gasteiger partial charge in [-0.3, -0.25) is 14.6 Å². The van der Waals surface area contributed by atoms with E-state index in [0.717, 1.165) is 18.2 Å². The third-order valence-corrected chi connectivity index (χ3v) is 4.51. The van der Waals surface area contributed by atoms with Gasteiger partial charge in [-0.1, -0.05) is 72.4 Å². The fraction of sp³-hybridized carbons (Fsp3) is 0.158. The predicted molar refractivity (Wildman–Crippen MR) is 102 cm³/mol. The number of rotatable bonds is 7. The highest BCUT2D eigenvalue weighted by Crippen LogP contribution is 2.13. The molecule has 3 aromatic rings. The van der Waals surface area contributed by atoms with E-state index in [-0.39, 0.29) is 22.9 Å². The van der Waals surface area contributed by atoms with Crippen LogP contribution < -0.4 is 10.9 Å². The van der Waals surface area contributed by atoms with Crippen LogP contribution in [-0.4, -0.2) is 33.4 Å². The molecular weight excluding hydrogens is 348 g/mol. The van der Waals surface area contributed by atoms with Gasteiger partial charge in [-0.05, 0) is 12.0 Å². The molecule has 6 nitrogen and oxygen atoms in total. The Morgan fingerprint density at radius 1 is 1.00 bits per heavy atom. The highest BCUT2D eigenvalue weighted by molar-refractivity contribution is 7.99. The van der Waals surface area contributed by atoms with Crippen LogP contribution in [0.4, 0.5) is 0 Å². The second-order valence-corrected chi connectivity index (χ2v) is 6.51.